The second-order valence-electron chi connectivity index (χ2n) is 16.3. The Kier molecular flexibility index (Phi) is 14.9. The molecule has 67 heavy (non-hydrogen) atoms. The van der Waals surface area contributed by atoms with Crippen molar-refractivity contribution in [3.63, 3.8) is 0 Å². The number of carbonyl (C=O) groups excluding carboxylic acids is 1. The van der Waals surface area contributed by atoms with Crippen LogP contribution in [0.2, 0.25) is 0 Å². The Labute approximate surface area is 386 Å². The van der Waals surface area contributed by atoms with Crippen molar-refractivity contribution in [2.24, 2.45) is 0 Å². The third kappa shape index (κ3) is 11.7. The predicted octanol–water partition coefficient (Wildman–Crippen LogP) is 12.3. The zero-order chi connectivity index (χ0) is 46.5. The maximum Gasteiger partial charge on any atom is 0.303 e. The number of aliphatic carboxylic acids is 2. The summed E-state index contributed by atoms with van der Waals surface area (Å²) < 4.78 is 35.1. The third-order valence-corrected chi connectivity index (χ3v) is 11.5. The van der Waals surface area contributed by atoms with Crippen LogP contribution in [0.5, 0.6) is 11.5 Å². The predicted molar refractivity (Wildman–Crippen MR) is 249 cm³/mol. The topological polar surface area (TPSA) is 188 Å². The molecule has 0 fully saturated rings. The summed E-state index contributed by atoms with van der Waals surface area (Å²) in [5.74, 6) is 1.51. The number of nitrogens with zero attached hydrogens (tertiary/aromatic N) is 2. The van der Waals surface area contributed by atoms with Crippen LogP contribution < -0.4 is 9.47 Å². The molecule has 8 rings (SSSR count). The van der Waals surface area contributed by atoms with E-state index in [9.17, 15) is 14.4 Å². The highest BCUT2D eigenvalue weighted by atomic mass is 16.5. The zero-order valence-corrected chi connectivity index (χ0v) is 37.1. The van der Waals surface area contributed by atoms with E-state index in [2.05, 4.69) is 16.4 Å². The summed E-state index contributed by atoms with van der Waals surface area (Å²) >= 11 is 0. The van der Waals surface area contributed by atoms with Gasteiger partial charge in [0, 0.05) is 59.1 Å². The summed E-state index contributed by atoms with van der Waals surface area (Å²) in [4.78, 5) is 36.0. The van der Waals surface area contributed by atoms with Crippen molar-refractivity contribution in [1.29, 1.82) is 0 Å². The van der Waals surface area contributed by atoms with Crippen LogP contribution in [0.3, 0.4) is 0 Å². The zero-order valence-electron chi connectivity index (χ0n) is 37.1. The molecule has 0 radical (unpaired) electrons. The number of aromatic nitrogens is 2. The lowest BCUT2D eigenvalue weighted by Crippen LogP contribution is -2.07. The quantitative estimate of drug-likeness (QED) is 0.0431. The molecule has 0 spiro atoms. The van der Waals surface area contributed by atoms with E-state index in [0.29, 0.717) is 92.3 Å². The van der Waals surface area contributed by atoms with E-state index in [1.54, 1.807) is 24.7 Å². The normalized spacial score (nSPS) is 11.2. The molecular formula is C54H50N2O11. The molecule has 0 saturated heterocycles. The molecule has 0 saturated carbocycles. The van der Waals surface area contributed by atoms with Crippen molar-refractivity contribution >= 4 is 17.7 Å². The first-order valence-corrected chi connectivity index (χ1v) is 22.4. The number of rotatable bonds is 24. The van der Waals surface area contributed by atoms with Gasteiger partial charge in [0.05, 0.1) is 31.4 Å². The fourth-order valence-electron chi connectivity index (χ4n) is 8.00. The first-order chi connectivity index (χ1) is 32.7. The molecule has 8 aromatic rings. The lowest BCUT2D eigenvalue weighted by molar-refractivity contribution is -0.138. The number of aryl methyl sites for hydroxylation is 1. The molecule has 4 aromatic carbocycles. The standard InChI is InChI=1S/C54H50N2O11/c1-35-52(38-18-14-36(15-19-38)46-10-8-28-63-46)45(55-67-35)32-43-30-40(24-25-48(43)62-26-6-2-4-12-50(57)58)41-22-23-42(49(33-41)65-27-7-3-5-13-51(59)60)31-44-34-66-56-53(44)54(61)39-20-16-37(17-21-39)47-11-9-29-64-47/h8-11,14-25,28-30,33-34H,2-7,12-13,26-27,31-32H2,1H3,(H,57,58)(H,59,60). The minimum Gasteiger partial charge on any atom is -0.493 e. The molecule has 13 heteroatoms. The van der Waals surface area contributed by atoms with Crippen LogP contribution in [0, 0.1) is 6.92 Å². The van der Waals surface area contributed by atoms with Crippen LogP contribution in [0.15, 0.2) is 146 Å². The van der Waals surface area contributed by atoms with Crippen LogP contribution in [-0.4, -0.2) is 51.5 Å². The lowest BCUT2D eigenvalue weighted by Gasteiger charge is -2.16. The van der Waals surface area contributed by atoms with Crippen molar-refractivity contribution < 1.29 is 52.0 Å². The smallest absolute Gasteiger partial charge is 0.303 e. The van der Waals surface area contributed by atoms with Crippen molar-refractivity contribution in [3.05, 3.63) is 167 Å². The molecule has 2 N–H and O–H groups in total. The third-order valence-electron chi connectivity index (χ3n) is 11.5. The average Bonchev–Trinajstić information content (AvgIpc) is 4.19. The molecular weight excluding hydrogens is 853 g/mol. The summed E-state index contributed by atoms with van der Waals surface area (Å²) in [6.45, 7) is 2.66. The first-order valence-electron chi connectivity index (χ1n) is 22.4. The minimum atomic E-state index is -0.829. The van der Waals surface area contributed by atoms with E-state index in [0.717, 1.165) is 62.4 Å². The summed E-state index contributed by atoms with van der Waals surface area (Å²) in [5, 5.41) is 26.9. The van der Waals surface area contributed by atoms with Gasteiger partial charge in [0.1, 0.15) is 35.0 Å². The van der Waals surface area contributed by atoms with Gasteiger partial charge < -0.3 is 37.6 Å². The van der Waals surface area contributed by atoms with Crippen LogP contribution >= 0.6 is 0 Å². The molecule has 0 unspecified atom stereocenters. The SMILES string of the molecule is Cc1onc(Cc2cc(-c3ccc(Cc4conc4C(=O)c4ccc(-c5ccco5)cc4)c(OCCCCCC(=O)O)c3)ccc2OCCCCCC(=O)O)c1-c1ccc(-c2ccco2)cc1. The van der Waals surface area contributed by atoms with Crippen LogP contribution in [0.25, 0.3) is 44.9 Å². The number of ether oxygens (including phenoxy) is 2. The Bertz CT molecular complexity index is 2890. The second-order valence-corrected chi connectivity index (χ2v) is 16.3. The van der Waals surface area contributed by atoms with E-state index >= 15 is 0 Å². The van der Waals surface area contributed by atoms with Crippen molar-refractivity contribution in [2.45, 2.75) is 71.1 Å². The number of carbonyl (C=O) groups is 3. The van der Waals surface area contributed by atoms with Crippen molar-refractivity contribution in [1.82, 2.24) is 10.3 Å². The molecule has 0 aliphatic carbocycles. The fourth-order valence-corrected chi connectivity index (χ4v) is 8.00. The summed E-state index contributed by atoms with van der Waals surface area (Å²) in [6.07, 6.45) is 9.50. The van der Waals surface area contributed by atoms with Crippen LogP contribution in [-0.2, 0) is 22.4 Å². The van der Waals surface area contributed by atoms with Gasteiger partial charge in [-0.05, 0) is 110 Å². The molecule has 0 aliphatic heterocycles. The Balaban J connectivity index is 1.08. The van der Waals surface area contributed by atoms with Gasteiger partial charge in [0.15, 0.2) is 5.69 Å². The molecule has 4 aromatic heterocycles. The number of furan rings is 2. The van der Waals surface area contributed by atoms with Crippen molar-refractivity contribution in [3.8, 4) is 56.4 Å². The summed E-state index contributed by atoms with van der Waals surface area (Å²) in [6, 6.07) is 34.6. The van der Waals surface area contributed by atoms with Gasteiger partial charge in [-0.1, -0.05) is 77.0 Å². The number of hydrogen-bond acceptors (Lipinski definition) is 11. The highest BCUT2D eigenvalue weighted by molar-refractivity contribution is 6.08. The van der Waals surface area contributed by atoms with E-state index < -0.39 is 11.9 Å². The molecule has 0 amide bonds. The number of ketones is 1. The monoisotopic (exact) mass is 902 g/mol. The number of unbranched alkanes of at least 4 members (excludes halogenated alkanes) is 4. The van der Waals surface area contributed by atoms with Gasteiger partial charge >= 0.3 is 11.9 Å². The molecule has 13 nitrogen and oxygen atoms in total. The number of carboxylic acids is 2. The minimum absolute atomic E-state index is 0.0941. The molecule has 0 aliphatic rings. The number of carboxylic acid groups (broad SMARTS) is 2. The Morgan fingerprint density at radius 2 is 1.15 bits per heavy atom. The number of benzene rings is 4. The Morgan fingerprint density at radius 1 is 0.567 bits per heavy atom. The fraction of sp³-hybridized carbons (Fsp3) is 0.241. The summed E-state index contributed by atoms with van der Waals surface area (Å²) in [5.41, 5.74) is 9.07. The van der Waals surface area contributed by atoms with Gasteiger partial charge in [-0.2, -0.15) is 0 Å². The Morgan fingerprint density at radius 3 is 1.78 bits per heavy atom. The van der Waals surface area contributed by atoms with Crippen LogP contribution in [0.1, 0.15) is 95.6 Å². The highest BCUT2D eigenvalue weighted by Gasteiger charge is 2.22. The largest absolute Gasteiger partial charge is 0.493 e. The van der Waals surface area contributed by atoms with Gasteiger partial charge in [0.25, 0.3) is 0 Å². The maximum atomic E-state index is 13.8. The van der Waals surface area contributed by atoms with E-state index in [-0.39, 0.29) is 24.3 Å². The number of hydrogen-bond donors (Lipinski definition) is 2. The maximum absolute atomic E-state index is 13.8. The van der Waals surface area contributed by atoms with Gasteiger partial charge in [-0.25, -0.2) is 0 Å². The Hall–Kier alpha value is -7.93. The molecule has 0 bridgehead atoms. The van der Waals surface area contributed by atoms with Gasteiger partial charge in [0.2, 0.25) is 5.78 Å². The molecule has 342 valence electrons. The first kappa shape index (κ1) is 45.6. The lowest BCUT2D eigenvalue weighted by atomic mass is 9.94. The highest BCUT2D eigenvalue weighted by Crippen LogP contribution is 2.37. The van der Waals surface area contributed by atoms with E-state index in [4.69, 9.17) is 37.6 Å². The van der Waals surface area contributed by atoms with Crippen molar-refractivity contribution in [2.75, 3.05) is 13.2 Å². The van der Waals surface area contributed by atoms with Gasteiger partial charge in [-0.3, -0.25) is 14.4 Å². The summed E-state index contributed by atoms with van der Waals surface area (Å²) in [7, 11) is 0. The average molecular weight is 903 g/mol. The van der Waals surface area contributed by atoms with E-state index in [1.807, 2.05) is 97.9 Å². The van der Waals surface area contributed by atoms with E-state index in [1.165, 1.54) is 6.26 Å². The molecule has 0 atom stereocenters. The molecule has 4 heterocycles. The second kappa shape index (κ2) is 21.8. The van der Waals surface area contributed by atoms with Crippen LogP contribution in [0.4, 0.5) is 0 Å². The van der Waals surface area contributed by atoms with Gasteiger partial charge in [-0.15, -0.1) is 0 Å².